The van der Waals surface area contributed by atoms with Crippen LogP contribution in [0.2, 0.25) is 0 Å². The Morgan fingerprint density at radius 1 is 1.22 bits per heavy atom. The van der Waals surface area contributed by atoms with Crippen LogP contribution in [0.3, 0.4) is 0 Å². The number of piperidine rings is 1. The summed E-state index contributed by atoms with van der Waals surface area (Å²) in [6.45, 7) is 4.08. The van der Waals surface area contributed by atoms with E-state index in [1.165, 1.54) is 19.3 Å². The van der Waals surface area contributed by atoms with E-state index in [2.05, 4.69) is 12.2 Å². The number of ether oxygens (including phenoxy) is 1. The average molecular weight is 253 g/mol. The summed E-state index contributed by atoms with van der Waals surface area (Å²) < 4.78 is 5.82. The summed E-state index contributed by atoms with van der Waals surface area (Å²) in [5, 5.41) is 3.35. The molecule has 0 amide bonds. The molecule has 0 aromatic rings. The van der Waals surface area contributed by atoms with Gasteiger partial charge in [0.25, 0.3) is 0 Å². The van der Waals surface area contributed by atoms with Crippen LogP contribution in [-0.2, 0) is 9.53 Å². The molecule has 18 heavy (non-hydrogen) atoms. The van der Waals surface area contributed by atoms with Crippen molar-refractivity contribution in [3.05, 3.63) is 0 Å². The number of rotatable bonds is 4. The van der Waals surface area contributed by atoms with Gasteiger partial charge in [0.1, 0.15) is 6.10 Å². The Hall–Kier alpha value is -0.570. The number of hydrogen-bond donors (Lipinski definition) is 1. The molecule has 0 bridgehead atoms. The first-order valence-electron chi connectivity index (χ1n) is 7.69. The van der Waals surface area contributed by atoms with Gasteiger partial charge in [0, 0.05) is 0 Å². The lowest BCUT2D eigenvalue weighted by Crippen LogP contribution is -2.44. The third-order valence-corrected chi connectivity index (χ3v) is 4.55. The van der Waals surface area contributed by atoms with Crippen LogP contribution in [0.15, 0.2) is 0 Å². The molecule has 1 saturated carbocycles. The Labute approximate surface area is 111 Å². The third-order valence-electron chi connectivity index (χ3n) is 4.55. The van der Waals surface area contributed by atoms with Gasteiger partial charge in [0.05, 0.1) is 5.41 Å². The molecule has 2 fully saturated rings. The Kier molecular flexibility index (Phi) is 5.04. The van der Waals surface area contributed by atoms with Gasteiger partial charge in [-0.05, 0) is 58.0 Å². The summed E-state index contributed by atoms with van der Waals surface area (Å²) >= 11 is 0. The first-order chi connectivity index (χ1) is 8.77. The summed E-state index contributed by atoms with van der Waals surface area (Å²) in [5.41, 5.74) is -0.183. The Balaban J connectivity index is 1.94. The van der Waals surface area contributed by atoms with Crippen LogP contribution in [0.5, 0.6) is 0 Å². The van der Waals surface area contributed by atoms with Crippen molar-refractivity contribution in [1.29, 1.82) is 0 Å². The van der Waals surface area contributed by atoms with E-state index in [1.54, 1.807) is 0 Å². The van der Waals surface area contributed by atoms with Crippen molar-refractivity contribution in [2.45, 2.75) is 70.8 Å². The number of carbonyl (C=O) groups is 1. The van der Waals surface area contributed by atoms with Gasteiger partial charge >= 0.3 is 5.97 Å². The Bertz CT molecular complexity index is 260. The molecule has 0 spiro atoms. The molecule has 1 N–H and O–H groups in total. The second kappa shape index (κ2) is 6.55. The first-order valence-corrected chi connectivity index (χ1v) is 7.69. The maximum Gasteiger partial charge on any atom is 0.312 e. The fourth-order valence-electron chi connectivity index (χ4n) is 3.40. The van der Waals surface area contributed by atoms with Crippen molar-refractivity contribution >= 4 is 5.97 Å². The van der Waals surface area contributed by atoms with Crippen molar-refractivity contribution < 1.29 is 9.53 Å². The molecule has 0 unspecified atom stereocenters. The highest BCUT2D eigenvalue weighted by Crippen LogP contribution is 2.36. The van der Waals surface area contributed by atoms with Crippen molar-refractivity contribution in [2.24, 2.45) is 5.41 Å². The van der Waals surface area contributed by atoms with E-state index >= 15 is 0 Å². The fourth-order valence-corrected chi connectivity index (χ4v) is 3.40. The molecular weight excluding hydrogens is 226 g/mol. The van der Waals surface area contributed by atoms with Crippen molar-refractivity contribution in [3.63, 3.8) is 0 Å². The van der Waals surface area contributed by atoms with E-state index in [-0.39, 0.29) is 17.5 Å². The molecule has 0 aromatic heterocycles. The summed E-state index contributed by atoms with van der Waals surface area (Å²) in [4.78, 5) is 12.5. The van der Waals surface area contributed by atoms with Gasteiger partial charge in [-0.15, -0.1) is 0 Å². The maximum absolute atomic E-state index is 12.5. The smallest absolute Gasteiger partial charge is 0.312 e. The zero-order chi connectivity index (χ0) is 12.8. The molecule has 3 heteroatoms. The minimum absolute atomic E-state index is 0.0951. The van der Waals surface area contributed by atoms with Crippen molar-refractivity contribution in [2.75, 3.05) is 13.1 Å². The SMILES string of the molecule is CCCC1(C(=O)OC2CCCCC2)CCNCC1. The maximum atomic E-state index is 12.5. The molecule has 104 valence electrons. The van der Waals surface area contributed by atoms with E-state index in [4.69, 9.17) is 4.74 Å². The second-order valence-electron chi connectivity index (χ2n) is 5.95. The summed E-state index contributed by atoms with van der Waals surface area (Å²) in [6, 6.07) is 0. The normalized spacial score (nSPS) is 24.7. The number of esters is 1. The molecule has 1 aliphatic heterocycles. The average Bonchev–Trinajstić information content (AvgIpc) is 2.41. The molecule has 1 saturated heterocycles. The van der Waals surface area contributed by atoms with E-state index in [9.17, 15) is 4.79 Å². The standard InChI is InChI=1S/C15H27NO2/c1-2-8-15(9-11-16-12-10-15)14(17)18-13-6-4-3-5-7-13/h13,16H,2-12H2,1H3. The van der Waals surface area contributed by atoms with E-state index in [0.29, 0.717) is 0 Å². The molecule has 3 nitrogen and oxygen atoms in total. The predicted octanol–water partition coefficient (Wildman–Crippen LogP) is 3.03. The van der Waals surface area contributed by atoms with Crippen LogP contribution >= 0.6 is 0 Å². The quantitative estimate of drug-likeness (QED) is 0.783. The Morgan fingerprint density at radius 3 is 2.50 bits per heavy atom. The molecule has 1 aliphatic carbocycles. The van der Waals surface area contributed by atoms with Gasteiger partial charge in [-0.3, -0.25) is 4.79 Å². The molecule has 2 aliphatic rings. The summed E-state index contributed by atoms with van der Waals surface area (Å²) in [6.07, 6.45) is 10.1. The molecular formula is C15H27NO2. The molecule has 2 rings (SSSR count). The van der Waals surface area contributed by atoms with Crippen LogP contribution in [0, 0.1) is 5.41 Å². The fraction of sp³-hybridized carbons (Fsp3) is 0.933. The van der Waals surface area contributed by atoms with Gasteiger partial charge in [-0.2, -0.15) is 0 Å². The highest BCUT2D eigenvalue weighted by atomic mass is 16.5. The number of hydrogen-bond acceptors (Lipinski definition) is 3. The van der Waals surface area contributed by atoms with Crippen LogP contribution in [0.25, 0.3) is 0 Å². The molecule has 0 radical (unpaired) electrons. The lowest BCUT2D eigenvalue weighted by Gasteiger charge is -2.37. The highest BCUT2D eigenvalue weighted by molar-refractivity contribution is 5.77. The molecule has 0 atom stereocenters. The van der Waals surface area contributed by atoms with Crippen LogP contribution in [0.1, 0.15) is 64.7 Å². The van der Waals surface area contributed by atoms with Crippen molar-refractivity contribution in [3.8, 4) is 0 Å². The van der Waals surface area contributed by atoms with Gasteiger partial charge in [-0.25, -0.2) is 0 Å². The van der Waals surface area contributed by atoms with Crippen LogP contribution in [0.4, 0.5) is 0 Å². The van der Waals surface area contributed by atoms with Gasteiger partial charge < -0.3 is 10.1 Å². The van der Waals surface area contributed by atoms with E-state index in [0.717, 1.165) is 51.6 Å². The van der Waals surface area contributed by atoms with E-state index in [1.807, 2.05) is 0 Å². The number of nitrogens with one attached hydrogen (secondary N) is 1. The molecule has 1 heterocycles. The lowest BCUT2D eigenvalue weighted by molar-refractivity contribution is -0.165. The monoisotopic (exact) mass is 253 g/mol. The lowest BCUT2D eigenvalue weighted by atomic mass is 9.75. The molecule has 0 aromatic carbocycles. The number of carbonyl (C=O) groups excluding carboxylic acids is 1. The summed E-state index contributed by atoms with van der Waals surface area (Å²) in [5.74, 6) is 0.0951. The van der Waals surface area contributed by atoms with Crippen LogP contribution in [-0.4, -0.2) is 25.2 Å². The zero-order valence-electron chi connectivity index (χ0n) is 11.7. The minimum Gasteiger partial charge on any atom is -0.462 e. The topological polar surface area (TPSA) is 38.3 Å². The van der Waals surface area contributed by atoms with Gasteiger partial charge in [0.15, 0.2) is 0 Å². The Morgan fingerprint density at radius 2 is 1.89 bits per heavy atom. The van der Waals surface area contributed by atoms with Gasteiger partial charge in [0.2, 0.25) is 0 Å². The van der Waals surface area contributed by atoms with Crippen LogP contribution < -0.4 is 5.32 Å². The van der Waals surface area contributed by atoms with Gasteiger partial charge in [-0.1, -0.05) is 19.8 Å². The zero-order valence-corrected chi connectivity index (χ0v) is 11.7. The second-order valence-corrected chi connectivity index (χ2v) is 5.95. The predicted molar refractivity (Wildman–Crippen MR) is 72.4 cm³/mol. The van der Waals surface area contributed by atoms with E-state index < -0.39 is 0 Å². The summed E-state index contributed by atoms with van der Waals surface area (Å²) in [7, 11) is 0. The minimum atomic E-state index is -0.183. The van der Waals surface area contributed by atoms with Crippen molar-refractivity contribution in [1.82, 2.24) is 5.32 Å². The first kappa shape index (κ1) is 13.9. The largest absolute Gasteiger partial charge is 0.462 e. The highest BCUT2D eigenvalue weighted by Gasteiger charge is 2.41. The third kappa shape index (κ3) is 3.25.